The summed E-state index contributed by atoms with van der Waals surface area (Å²) in [5.74, 6) is 0. The van der Waals surface area contributed by atoms with E-state index in [0.717, 1.165) is 0 Å². The van der Waals surface area contributed by atoms with Gasteiger partial charge in [-0.3, -0.25) is 0 Å². The van der Waals surface area contributed by atoms with Gasteiger partial charge in [0, 0.05) is 34.1 Å². The molecule has 0 aromatic heterocycles. The molecule has 7 aromatic rings. The molecule has 11 rings (SSSR count). The van der Waals surface area contributed by atoms with Gasteiger partial charge in [0.2, 0.25) is 13.4 Å². The fraction of sp³-hybridized carbons (Fsp3) is 0.0870. The zero-order valence-electron chi connectivity index (χ0n) is 28.5. The average molecular weight is 636 g/mol. The second-order valence-corrected chi connectivity index (χ2v) is 15.3. The van der Waals surface area contributed by atoms with E-state index in [1.807, 2.05) is 0 Å². The number of rotatable bonds is 2. The van der Waals surface area contributed by atoms with Crippen LogP contribution in [0.25, 0.3) is 22.3 Å². The molecular weight excluding hydrogens is 602 g/mol. The molecule has 4 aliphatic heterocycles. The zero-order valence-corrected chi connectivity index (χ0v) is 28.5. The topological polar surface area (TPSA) is 6.48 Å². The van der Waals surface area contributed by atoms with Crippen molar-refractivity contribution in [1.82, 2.24) is 0 Å². The smallest absolute Gasteiger partial charge is 0.248 e. The summed E-state index contributed by atoms with van der Waals surface area (Å²) in [6.45, 7) is 7.19. The molecule has 0 atom stereocenters. The molecule has 4 heteroatoms. The highest BCUT2D eigenvalue weighted by Gasteiger charge is 2.47. The lowest BCUT2D eigenvalue weighted by Crippen LogP contribution is -2.58. The van der Waals surface area contributed by atoms with Crippen molar-refractivity contribution in [2.24, 2.45) is 0 Å². The van der Waals surface area contributed by atoms with Crippen molar-refractivity contribution >= 4 is 80.3 Å². The SMILES string of the molecule is CC(C)(C)c1ccc(N2c3cc4c(cc3B3c5ccccc5-c5cccc2c53)N(c2ccccc2)c2cccc3c2B4c2ccccc2-3)cc1. The van der Waals surface area contributed by atoms with Gasteiger partial charge in [-0.1, -0.05) is 135 Å². The second kappa shape index (κ2) is 9.92. The first-order valence-electron chi connectivity index (χ1n) is 17.9. The molecule has 234 valence electrons. The third-order valence-corrected chi connectivity index (χ3v) is 11.6. The van der Waals surface area contributed by atoms with Crippen LogP contribution in [0.3, 0.4) is 0 Å². The molecule has 0 fully saturated rings. The lowest BCUT2D eigenvalue weighted by atomic mass is 9.34. The van der Waals surface area contributed by atoms with Crippen molar-refractivity contribution in [2.75, 3.05) is 9.80 Å². The van der Waals surface area contributed by atoms with E-state index in [9.17, 15) is 0 Å². The zero-order chi connectivity index (χ0) is 33.3. The summed E-state index contributed by atoms with van der Waals surface area (Å²) in [5, 5.41) is 0. The quantitative estimate of drug-likeness (QED) is 0.181. The molecule has 7 aromatic carbocycles. The lowest BCUT2D eigenvalue weighted by molar-refractivity contribution is 0.590. The molecule has 0 amide bonds. The minimum atomic E-state index is 0.0833. The Kier molecular flexibility index (Phi) is 5.58. The fourth-order valence-corrected chi connectivity index (χ4v) is 9.48. The van der Waals surface area contributed by atoms with E-state index in [1.165, 1.54) is 94.7 Å². The molecule has 0 unspecified atom stereocenters. The molecule has 0 N–H and O–H groups in total. The molecule has 2 nitrogen and oxygen atoms in total. The molecule has 4 aliphatic rings. The van der Waals surface area contributed by atoms with Gasteiger partial charge >= 0.3 is 0 Å². The maximum Gasteiger partial charge on any atom is 0.248 e. The predicted octanol–water partition coefficient (Wildman–Crippen LogP) is 7.54. The highest BCUT2D eigenvalue weighted by Crippen LogP contribution is 2.45. The van der Waals surface area contributed by atoms with Crippen molar-refractivity contribution in [1.29, 1.82) is 0 Å². The molecule has 0 radical (unpaired) electrons. The van der Waals surface area contributed by atoms with Gasteiger partial charge in [-0.2, -0.15) is 0 Å². The Morgan fingerprint density at radius 1 is 0.380 bits per heavy atom. The summed E-state index contributed by atoms with van der Waals surface area (Å²) < 4.78 is 0. The second-order valence-electron chi connectivity index (χ2n) is 15.3. The molecular formula is C46H34B2N2. The van der Waals surface area contributed by atoms with Crippen molar-refractivity contribution < 1.29 is 0 Å². The Balaban J connectivity index is 1.24. The minimum absolute atomic E-state index is 0.0833. The standard InChI is InChI=1S/C46H34B2N2/c1-46(2,3)29-23-25-31(26-24-29)50-41-22-12-18-35-33-16-8-10-20-37(33)48(45(35)41)39-27-42-38(28-43(39)50)47-36-19-9-7-15-32(36)34-17-11-21-40(44(34)47)49(42)30-13-5-4-6-14-30/h4-28H,1-3H3. The third kappa shape index (κ3) is 3.66. The van der Waals surface area contributed by atoms with E-state index in [1.54, 1.807) is 0 Å². The van der Waals surface area contributed by atoms with Crippen LogP contribution in [-0.4, -0.2) is 13.4 Å². The Labute approximate surface area is 294 Å². The monoisotopic (exact) mass is 636 g/mol. The van der Waals surface area contributed by atoms with Crippen LogP contribution >= 0.6 is 0 Å². The van der Waals surface area contributed by atoms with Crippen LogP contribution < -0.4 is 42.6 Å². The fourth-order valence-electron chi connectivity index (χ4n) is 9.48. The maximum absolute atomic E-state index is 2.56. The number of para-hydroxylation sites is 1. The normalized spacial score (nSPS) is 14.1. The lowest BCUT2D eigenvalue weighted by Gasteiger charge is -2.41. The highest BCUT2D eigenvalue weighted by molar-refractivity contribution is 7.03. The minimum Gasteiger partial charge on any atom is -0.312 e. The predicted molar refractivity (Wildman–Crippen MR) is 215 cm³/mol. The summed E-state index contributed by atoms with van der Waals surface area (Å²) in [6, 6.07) is 57.3. The number of fused-ring (bicyclic) bond motifs is 10. The van der Waals surface area contributed by atoms with E-state index in [0.29, 0.717) is 0 Å². The van der Waals surface area contributed by atoms with E-state index in [2.05, 4.69) is 182 Å². The molecule has 0 bridgehead atoms. The van der Waals surface area contributed by atoms with Crippen molar-refractivity contribution in [3.63, 3.8) is 0 Å². The number of hydrogen-bond acceptors (Lipinski definition) is 2. The first-order chi connectivity index (χ1) is 24.5. The third-order valence-electron chi connectivity index (χ3n) is 11.6. The molecule has 0 saturated heterocycles. The van der Waals surface area contributed by atoms with Gasteiger partial charge in [0.05, 0.1) is 0 Å². The molecule has 0 saturated carbocycles. The first-order valence-corrected chi connectivity index (χ1v) is 17.9. The molecule has 0 spiro atoms. The van der Waals surface area contributed by atoms with Gasteiger partial charge < -0.3 is 9.80 Å². The van der Waals surface area contributed by atoms with E-state index >= 15 is 0 Å². The van der Waals surface area contributed by atoms with Crippen LogP contribution in [0.15, 0.2) is 152 Å². The number of benzene rings is 7. The van der Waals surface area contributed by atoms with Crippen molar-refractivity contribution in [3.8, 4) is 22.3 Å². The highest BCUT2D eigenvalue weighted by atomic mass is 15.2. The van der Waals surface area contributed by atoms with Crippen molar-refractivity contribution in [2.45, 2.75) is 26.2 Å². The average Bonchev–Trinajstić information content (AvgIpc) is 3.67. The molecule has 50 heavy (non-hydrogen) atoms. The summed E-state index contributed by atoms with van der Waals surface area (Å²) >= 11 is 0. The van der Waals surface area contributed by atoms with Gasteiger partial charge in [-0.15, -0.1) is 0 Å². The van der Waals surface area contributed by atoms with Crippen LogP contribution in [0.4, 0.5) is 34.1 Å². The van der Waals surface area contributed by atoms with E-state index in [-0.39, 0.29) is 18.8 Å². The number of nitrogens with zero attached hydrogens (tertiary/aromatic N) is 2. The van der Waals surface area contributed by atoms with Gasteiger partial charge in [-0.05, 0) is 104 Å². The molecule has 0 aliphatic carbocycles. The van der Waals surface area contributed by atoms with Crippen LogP contribution in [-0.2, 0) is 5.41 Å². The summed E-state index contributed by atoms with van der Waals surface area (Å²) in [4.78, 5) is 5.08. The summed E-state index contributed by atoms with van der Waals surface area (Å²) in [5.41, 5.74) is 22.7. The Bertz CT molecular complexity index is 2550. The van der Waals surface area contributed by atoms with Gasteiger partial charge in [-0.25, -0.2) is 0 Å². The largest absolute Gasteiger partial charge is 0.312 e. The summed E-state index contributed by atoms with van der Waals surface area (Å²) in [7, 11) is 0. The van der Waals surface area contributed by atoms with Crippen LogP contribution in [0.5, 0.6) is 0 Å². The van der Waals surface area contributed by atoms with Gasteiger partial charge in [0.25, 0.3) is 0 Å². The van der Waals surface area contributed by atoms with Crippen LogP contribution in [0.1, 0.15) is 26.3 Å². The Morgan fingerprint density at radius 3 is 1.32 bits per heavy atom. The first kappa shape index (κ1) is 28.1. The van der Waals surface area contributed by atoms with Crippen LogP contribution in [0, 0.1) is 0 Å². The maximum atomic E-state index is 2.56. The van der Waals surface area contributed by atoms with Gasteiger partial charge in [0.15, 0.2) is 0 Å². The van der Waals surface area contributed by atoms with E-state index < -0.39 is 0 Å². The Hall–Kier alpha value is -5.73. The number of hydrogen-bond donors (Lipinski definition) is 0. The Morgan fingerprint density at radius 2 is 0.820 bits per heavy atom. The van der Waals surface area contributed by atoms with Crippen LogP contribution in [0.2, 0.25) is 0 Å². The number of anilines is 6. The van der Waals surface area contributed by atoms with Gasteiger partial charge in [0.1, 0.15) is 0 Å². The van der Waals surface area contributed by atoms with Crippen molar-refractivity contribution in [3.05, 3.63) is 157 Å². The molecule has 4 heterocycles. The van der Waals surface area contributed by atoms with E-state index in [4.69, 9.17) is 0 Å². The summed E-state index contributed by atoms with van der Waals surface area (Å²) in [6.07, 6.45) is 0.